The first-order valence-corrected chi connectivity index (χ1v) is 19.4. The summed E-state index contributed by atoms with van der Waals surface area (Å²) in [5.41, 5.74) is 1.48. The molecule has 3 atom stereocenters. The fraction of sp³-hybridized carbons (Fsp3) is 0.743. The second kappa shape index (κ2) is 18.2. The molecule has 1 saturated heterocycles. The molecule has 0 aromatic carbocycles. The Labute approximate surface area is 277 Å². The van der Waals surface area contributed by atoms with Crippen molar-refractivity contribution in [1.82, 2.24) is 0 Å². The van der Waals surface area contributed by atoms with Gasteiger partial charge in [0.15, 0.2) is 20.5 Å². The maximum Gasteiger partial charge on any atom is 0.341 e. The van der Waals surface area contributed by atoms with Crippen molar-refractivity contribution in [2.45, 2.75) is 124 Å². The highest BCUT2D eigenvalue weighted by Crippen LogP contribution is 2.46. The summed E-state index contributed by atoms with van der Waals surface area (Å²) in [7, 11) is 1.55. The molecule has 0 N–H and O–H groups in total. The molecule has 0 radical (unpaired) electrons. The van der Waals surface area contributed by atoms with E-state index in [9.17, 15) is 14.4 Å². The van der Waals surface area contributed by atoms with E-state index in [2.05, 4.69) is 53.8 Å². The van der Waals surface area contributed by atoms with Gasteiger partial charge in [0.1, 0.15) is 29.8 Å². The van der Waals surface area contributed by atoms with Gasteiger partial charge in [0.2, 0.25) is 0 Å². The van der Waals surface area contributed by atoms with Crippen molar-refractivity contribution in [2.24, 2.45) is 17.8 Å². The SMILES string of the molecule is COC(=O)c1cc(COC2CCCCO2)oc1[C@H](O[Si](C)(C)C(C)(C)C)[C@@H](CC/C(C)=C/CCC(C(=O)OC)C(=O)OC)C(C)C. The van der Waals surface area contributed by atoms with Crippen molar-refractivity contribution in [2.75, 3.05) is 27.9 Å². The zero-order chi connectivity index (χ0) is 34.7. The first-order chi connectivity index (χ1) is 21.6. The summed E-state index contributed by atoms with van der Waals surface area (Å²) in [5.74, 6) is -1.44. The van der Waals surface area contributed by atoms with Gasteiger partial charge in [-0.2, -0.15) is 0 Å². The number of ether oxygens (including phenoxy) is 5. The van der Waals surface area contributed by atoms with Gasteiger partial charge in [-0.15, -0.1) is 0 Å². The molecule has 2 heterocycles. The zero-order valence-electron chi connectivity index (χ0n) is 30.0. The summed E-state index contributed by atoms with van der Waals surface area (Å²) in [6, 6.07) is 1.72. The van der Waals surface area contributed by atoms with Crippen LogP contribution in [-0.2, 0) is 44.3 Å². The Morgan fingerprint density at radius 3 is 2.20 bits per heavy atom. The van der Waals surface area contributed by atoms with Gasteiger partial charge in [0.05, 0.1) is 21.3 Å². The minimum absolute atomic E-state index is 0.000337. The van der Waals surface area contributed by atoms with Crippen LogP contribution < -0.4 is 0 Å². The smallest absolute Gasteiger partial charge is 0.341 e. The number of allylic oxidation sites excluding steroid dienone is 2. The maximum atomic E-state index is 13.1. The van der Waals surface area contributed by atoms with E-state index in [0.29, 0.717) is 36.5 Å². The normalized spacial score (nSPS) is 17.6. The van der Waals surface area contributed by atoms with E-state index >= 15 is 0 Å². The number of rotatable bonds is 17. The van der Waals surface area contributed by atoms with Gasteiger partial charge < -0.3 is 32.5 Å². The second-order valence-electron chi connectivity index (χ2n) is 14.1. The fourth-order valence-corrected chi connectivity index (χ4v) is 6.57. The van der Waals surface area contributed by atoms with Crippen LogP contribution in [-0.4, -0.2) is 60.5 Å². The first-order valence-electron chi connectivity index (χ1n) is 16.5. The van der Waals surface area contributed by atoms with Gasteiger partial charge in [0, 0.05) is 6.61 Å². The van der Waals surface area contributed by atoms with Gasteiger partial charge in [-0.3, -0.25) is 9.59 Å². The molecule has 0 amide bonds. The van der Waals surface area contributed by atoms with Gasteiger partial charge in [-0.05, 0) is 87.9 Å². The van der Waals surface area contributed by atoms with Crippen LogP contribution in [0.3, 0.4) is 0 Å². The highest BCUT2D eigenvalue weighted by Gasteiger charge is 2.44. The predicted molar refractivity (Wildman–Crippen MR) is 178 cm³/mol. The molecular formula is C35H58O10Si. The topological polar surface area (TPSA) is 120 Å². The first kappa shape index (κ1) is 39.7. The molecule has 10 nitrogen and oxygen atoms in total. The molecule has 0 bridgehead atoms. The Morgan fingerprint density at radius 1 is 1.02 bits per heavy atom. The summed E-state index contributed by atoms with van der Waals surface area (Å²) in [5, 5.41) is -0.0826. The van der Waals surface area contributed by atoms with Crippen LogP contribution in [0.1, 0.15) is 114 Å². The van der Waals surface area contributed by atoms with Crippen LogP contribution in [0.25, 0.3) is 0 Å². The van der Waals surface area contributed by atoms with Gasteiger partial charge >= 0.3 is 17.9 Å². The number of furan rings is 1. The van der Waals surface area contributed by atoms with E-state index in [1.807, 2.05) is 6.92 Å². The Balaban J connectivity index is 2.39. The van der Waals surface area contributed by atoms with Crippen LogP contribution in [0.4, 0.5) is 0 Å². The van der Waals surface area contributed by atoms with E-state index in [-0.39, 0.29) is 29.8 Å². The lowest BCUT2D eigenvalue weighted by Gasteiger charge is -2.42. The third-order valence-electron chi connectivity index (χ3n) is 9.29. The molecule has 1 aromatic heterocycles. The second-order valence-corrected chi connectivity index (χ2v) is 18.8. The molecule has 0 aliphatic carbocycles. The molecule has 0 spiro atoms. The van der Waals surface area contributed by atoms with Crippen molar-refractivity contribution in [3.8, 4) is 0 Å². The van der Waals surface area contributed by atoms with Gasteiger partial charge in [-0.25, -0.2) is 4.79 Å². The van der Waals surface area contributed by atoms with Crippen molar-refractivity contribution < 1.29 is 46.9 Å². The van der Waals surface area contributed by atoms with Crippen LogP contribution >= 0.6 is 0 Å². The molecule has 11 heteroatoms. The van der Waals surface area contributed by atoms with Gasteiger partial charge in [-0.1, -0.05) is 46.3 Å². The van der Waals surface area contributed by atoms with Crippen molar-refractivity contribution in [3.05, 3.63) is 34.8 Å². The molecule has 46 heavy (non-hydrogen) atoms. The van der Waals surface area contributed by atoms with Gasteiger partial charge in [0.25, 0.3) is 0 Å². The highest BCUT2D eigenvalue weighted by molar-refractivity contribution is 6.74. The predicted octanol–water partition coefficient (Wildman–Crippen LogP) is 7.91. The summed E-state index contributed by atoms with van der Waals surface area (Å²) >= 11 is 0. The van der Waals surface area contributed by atoms with Crippen LogP contribution in [0.5, 0.6) is 0 Å². The average Bonchev–Trinajstić information content (AvgIpc) is 3.44. The number of hydrogen-bond donors (Lipinski definition) is 0. The van der Waals surface area contributed by atoms with Crippen LogP contribution in [0.15, 0.2) is 22.1 Å². The lowest BCUT2D eigenvalue weighted by Crippen LogP contribution is -2.43. The Morgan fingerprint density at radius 2 is 1.67 bits per heavy atom. The minimum atomic E-state index is -2.35. The van der Waals surface area contributed by atoms with Crippen molar-refractivity contribution in [1.29, 1.82) is 0 Å². The van der Waals surface area contributed by atoms with Crippen LogP contribution in [0, 0.1) is 17.8 Å². The van der Waals surface area contributed by atoms with E-state index in [1.165, 1.54) is 21.3 Å². The molecule has 1 aliphatic rings. The van der Waals surface area contributed by atoms with E-state index in [0.717, 1.165) is 37.7 Å². The summed E-state index contributed by atoms with van der Waals surface area (Å²) in [6.45, 7) is 18.2. The monoisotopic (exact) mass is 666 g/mol. The molecular weight excluding hydrogens is 608 g/mol. The van der Waals surface area contributed by atoms with Crippen LogP contribution in [0.2, 0.25) is 18.1 Å². The summed E-state index contributed by atoms with van der Waals surface area (Å²) < 4.78 is 40.1. The molecule has 1 fully saturated rings. The summed E-state index contributed by atoms with van der Waals surface area (Å²) in [4.78, 5) is 37.3. The Kier molecular flexibility index (Phi) is 15.7. The Bertz CT molecular complexity index is 1140. The molecule has 1 aromatic rings. The molecule has 0 saturated carbocycles. The van der Waals surface area contributed by atoms with E-state index < -0.39 is 38.2 Å². The molecule has 1 unspecified atom stereocenters. The molecule has 2 rings (SSSR count). The number of carbonyl (C=O) groups is 3. The van der Waals surface area contributed by atoms with Crippen molar-refractivity contribution >= 4 is 26.2 Å². The standard InChI is InChI=1S/C35H58O10Si/c1-23(2)26(19-18-24(3)15-14-16-27(32(36)39-7)33(37)40-8)31(45-46(10,11)35(4,5)6)30-28(34(38)41-9)21-25(44-30)22-43-29-17-12-13-20-42-29/h15,21,23,26-27,29,31H,12-14,16-20,22H2,1-11H3/b24-15+/t26-,29?,31+/m0/s1. The highest BCUT2D eigenvalue weighted by atomic mass is 28.4. The van der Waals surface area contributed by atoms with Crippen molar-refractivity contribution in [3.63, 3.8) is 0 Å². The lowest BCUT2D eigenvalue weighted by molar-refractivity contribution is -0.171. The molecule has 1 aliphatic heterocycles. The average molecular weight is 667 g/mol. The summed E-state index contributed by atoms with van der Waals surface area (Å²) in [6.07, 6.45) is 6.50. The number of carbonyl (C=O) groups excluding carboxylic acids is 3. The zero-order valence-corrected chi connectivity index (χ0v) is 31.0. The number of esters is 3. The third kappa shape index (κ3) is 11.3. The number of methoxy groups -OCH3 is 3. The molecule has 262 valence electrons. The largest absolute Gasteiger partial charge is 0.468 e. The minimum Gasteiger partial charge on any atom is -0.468 e. The third-order valence-corrected chi connectivity index (χ3v) is 13.7. The quantitative estimate of drug-likeness (QED) is 0.0533. The lowest BCUT2D eigenvalue weighted by atomic mass is 9.83. The fourth-order valence-electron chi connectivity index (χ4n) is 5.30. The van der Waals surface area contributed by atoms with E-state index in [4.69, 9.17) is 32.5 Å². The van der Waals surface area contributed by atoms with E-state index in [1.54, 1.807) is 6.07 Å². The number of hydrogen-bond acceptors (Lipinski definition) is 10. The Hall–Kier alpha value is -2.47. The maximum absolute atomic E-state index is 13.1.